The molecular weight excluding hydrogens is 357 g/mol. The number of aldehydes is 1. The Kier molecular flexibility index (Phi) is 6.64. The lowest BCUT2D eigenvalue weighted by molar-refractivity contribution is -0.124. The summed E-state index contributed by atoms with van der Waals surface area (Å²) < 4.78 is 13.2. The standard InChI is InChI=1S/C19H27ClFN3O2/c1-18(2,3)23-17(26)11-24-8-6-19(13-25,7-9-24)12-22-14-4-5-16(21)15(20)10-14/h4-5,10,13,22H,6-9,11-12H2,1-3H3,(H,23,26). The van der Waals surface area contributed by atoms with E-state index in [1.54, 1.807) is 6.07 Å². The van der Waals surface area contributed by atoms with Gasteiger partial charge in [-0.1, -0.05) is 11.6 Å². The Hall–Kier alpha value is -1.66. The van der Waals surface area contributed by atoms with Crippen molar-refractivity contribution in [3.05, 3.63) is 29.0 Å². The second kappa shape index (κ2) is 8.35. The van der Waals surface area contributed by atoms with E-state index in [4.69, 9.17) is 11.6 Å². The van der Waals surface area contributed by atoms with Gasteiger partial charge in [0.1, 0.15) is 12.1 Å². The smallest absolute Gasteiger partial charge is 0.234 e. The Morgan fingerprint density at radius 1 is 1.35 bits per heavy atom. The minimum absolute atomic E-state index is 0.00446. The summed E-state index contributed by atoms with van der Waals surface area (Å²) in [6, 6.07) is 4.42. The number of nitrogens with zero attached hydrogens (tertiary/aromatic N) is 1. The van der Waals surface area contributed by atoms with Crippen LogP contribution in [0, 0.1) is 11.2 Å². The van der Waals surface area contributed by atoms with Gasteiger partial charge in [0.15, 0.2) is 0 Å². The lowest BCUT2D eigenvalue weighted by atomic mass is 9.79. The summed E-state index contributed by atoms with van der Waals surface area (Å²) in [5.74, 6) is -0.473. The van der Waals surface area contributed by atoms with Gasteiger partial charge in [0.25, 0.3) is 0 Å². The largest absolute Gasteiger partial charge is 0.384 e. The van der Waals surface area contributed by atoms with Gasteiger partial charge in [-0.25, -0.2) is 4.39 Å². The number of carbonyl (C=O) groups excluding carboxylic acids is 2. The quantitative estimate of drug-likeness (QED) is 0.741. The molecule has 1 aromatic rings. The molecule has 2 rings (SSSR count). The van der Waals surface area contributed by atoms with Gasteiger partial charge in [-0.3, -0.25) is 9.69 Å². The van der Waals surface area contributed by atoms with Crippen molar-refractivity contribution in [1.82, 2.24) is 10.2 Å². The number of hydrogen-bond acceptors (Lipinski definition) is 4. The Morgan fingerprint density at radius 2 is 2.00 bits per heavy atom. The Balaban J connectivity index is 1.87. The van der Waals surface area contributed by atoms with E-state index in [0.29, 0.717) is 44.7 Å². The van der Waals surface area contributed by atoms with Crippen molar-refractivity contribution in [1.29, 1.82) is 0 Å². The van der Waals surface area contributed by atoms with Crippen LogP contribution < -0.4 is 10.6 Å². The number of rotatable bonds is 6. The molecule has 0 spiro atoms. The average molecular weight is 384 g/mol. The van der Waals surface area contributed by atoms with Crippen LogP contribution >= 0.6 is 11.6 Å². The number of nitrogens with one attached hydrogen (secondary N) is 2. The minimum atomic E-state index is -0.488. The second-order valence-corrected chi connectivity index (χ2v) is 8.44. The Bertz CT molecular complexity index is 653. The summed E-state index contributed by atoms with van der Waals surface area (Å²) in [4.78, 5) is 25.8. The molecule has 0 bridgehead atoms. The first-order valence-corrected chi connectivity index (χ1v) is 9.19. The monoisotopic (exact) mass is 383 g/mol. The molecular formula is C19H27ClFN3O2. The third kappa shape index (κ3) is 5.95. The minimum Gasteiger partial charge on any atom is -0.384 e. The maximum absolute atomic E-state index is 13.2. The van der Waals surface area contributed by atoms with Crippen molar-refractivity contribution in [2.45, 2.75) is 39.2 Å². The third-order valence-electron chi connectivity index (χ3n) is 4.55. The SMILES string of the molecule is CC(C)(C)NC(=O)CN1CCC(C=O)(CNc2ccc(F)c(Cl)c2)CC1. The van der Waals surface area contributed by atoms with Crippen LogP contribution in [0.2, 0.25) is 5.02 Å². The molecule has 1 fully saturated rings. The highest BCUT2D eigenvalue weighted by molar-refractivity contribution is 6.31. The fourth-order valence-electron chi connectivity index (χ4n) is 3.04. The van der Waals surface area contributed by atoms with Crippen LogP contribution in [0.1, 0.15) is 33.6 Å². The first-order valence-electron chi connectivity index (χ1n) is 8.81. The van der Waals surface area contributed by atoms with Crippen molar-refractivity contribution >= 4 is 29.5 Å². The molecule has 2 N–H and O–H groups in total. The molecule has 1 aliphatic heterocycles. The molecule has 5 nitrogen and oxygen atoms in total. The number of carbonyl (C=O) groups is 2. The molecule has 0 unspecified atom stereocenters. The van der Waals surface area contributed by atoms with Crippen molar-refractivity contribution < 1.29 is 14.0 Å². The number of halogens is 2. The molecule has 1 aliphatic rings. The average Bonchev–Trinajstić information content (AvgIpc) is 2.56. The van der Waals surface area contributed by atoms with Crippen molar-refractivity contribution in [2.75, 3.05) is 31.5 Å². The van der Waals surface area contributed by atoms with Crippen molar-refractivity contribution in [2.24, 2.45) is 5.41 Å². The number of anilines is 1. The molecule has 144 valence electrons. The topological polar surface area (TPSA) is 61.4 Å². The maximum Gasteiger partial charge on any atom is 0.234 e. The summed E-state index contributed by atoms with van der Waals surface area (Å²) in [5.41, 5.74) is -0.0536. The van der Waals surface area contributed by atoms with E-state index in [0.717, 1.165) is 6.29 Å². The number of benzene rings is 1. The second-order valence-electron chi connectivity index (χ2n) is 8.04. The number of likely N-dealkylation sites (tertiary alicyclic amines) is 1. The van der Waals surface area contributed by atoms with E-state index >= 15 is 0 Å². The molecule has 1 aromatic carbocycles. The lowest BCUT2D eigenvalue weighted by Gasteiger charge is -2.38. The van der Waals surface area contributed by atoms with Crippen LogP contribution in [0.25, 0.3) is 0 Å². The van der Waals surface area contributed by atoms with Crippen molar-refractivity contribution in [3.63, 3.8) is 0 Å². The van der Waals surface area contributed by atoms with Gasteiger partial charge in [0, 0.05) is 23.2 Å². The van der Waals surface area contributed by atoms with E-state index in [-0.39, 0.29) is 16.5 Å². The molecule has 0 saturated carbocycles. The molecule has 0 radical (unpaired) electrons. The lowest BCUT2D eigenvalue weighted by Crippen LogP contribution is -2.50. The summed E-state index contributed by atoms with van der Waals surface area (Å²) in [6.07, 6.45) is 2.33. The van der Waals surface area contributed by atoms with E-state index in [9.17, 15) is 14.0 Å². The highest BCUT2D eigenvalue weighted by Gasteiger charge is 2.35. The fraction of sp³-hybridized carbons (Fsp3) is 0.579. The third-order valence-corrected chi connectivity index (χ3v) is 4.84. The zero-order chi connectivity index (χ0) is 19.4. The van der Waals surface area contributed by atoms with Crippen molar-refractivity contribution in [3.8, 4) is 0 Å². The van der Waals surface area contributed by atoms with Gasteiger partial charge in [0.2, 0.25) is 5.91 Å². The zero-order valence-electron chi connectivity index (χ0n) is 15.6. The first-order chi connectivity index (χ1) is 12.1. The van der Waals surface area contributed by atoms with Gasteiger partial charge < -0.3 is 15.4 Å². The van der Waals surface area contributed by atoms with E-state index in [2.05, 4.69) is 15.5 Å². The predicted octanol–water partition coefficient (Wildman–Crippen LogP) is 3.09. The normalized spacial score (nSPS) is 17.6. The van der Waals surface area contributed by atoms with Crippen LogP contribution in [0.15, 0.2) is 18.2 Å². The molecule has 1 heterocycles. The zero-order valence-corrected chi connectivity index (χ0v) is 16.3. The van der Waals surface area contributed by atoms with Gasteiger partial charge in [0.05, 0.1) is 11.6 Å². The molecule has 0 aromatic heterocycles. The van der Waals surface area contributed by atoms with Crippen LogP contribution in [0.4, 0.5) is 10.1 Å². The molecule has 0 aliphatic carbocycles. The van der Waals surface area contributed by atoms with Gasteiger partial charge >= 0.3 is 0 Å². The number of piperidine rings is 1. The van der Waals surface area contributed by atoms with Gasteiger partial charge in [-0.05, 0) is 64.9 Å². The van der Waals surface area contributed by atoms with Gasteiger partial charge in [-0.2, -0.15) is 0 Å². The van der Waals surface area contributed by atoms with Gasteiger partial charge in [-0.15, -0.1) is 0 Å². The number of amides is 1. The van der Waals surface area contributed by atoms with Crippen LogP contribution in [0.3, 0.4) is 0 Å². The summed E-state index contributed by atoms with van der Waals surface area (Å²) in [5, 5.41) is 6.18. The van der Waals surface area contributed by atoms with E-state index in [1.165, 1.54) is 12.1 Å². The molecule has 1 amide bonds. The Labute approximate surface area is 159 Å². The summed E-state index contributed by atoms with van der Waals surface area (Å²) in [6.45, 7) is 8.02. The molecule has 26 heavy (non-hydrogen) atoms. The predicted molar refractivity (Wildman–Crippen MR) is 102 cm³/mol. The molecule has 1 saturated heterocycles. The first kappa shape index (κ1) is 20.6. The molecule has 7 heteroatoms. The van der Waals surface area contributed by atoms with Crippen LogP contribution in [-0.4, -0.2) is 48.8 Å². The van der Waals surface area contributed by atoms with Crippen LogP contribution in [0.5, 0.6) is 0 Å². The molecule has 0 atom stereocenters. The van der Waals surface area contributed by atoms with E-state index in [1.807, 2.05) is 20.8 Å². The maximum atomic E-state index is 13.2. The van der Waals surface area contributed by atoms with Crippen LogP contribution in [-0.2, 0) is 9.59 Å². The highest BCUT2D eigenvalue weighted by Crippen LogP contribution is 2.30. The number of hydrogen-bond donors (Lipinski definition) is 2. The highest BCUT2D eigenvalue weighted by atomic mass is 35.5. The summed E-state index contributed by atoms with van der Waals surface area (Å²) >= 11 is 5.79. The fourth-order valence-corrected chi connectivity index (χ4v) is 3.22. The van der Waals surface area contributed by atoms with E-state index < -0.39 is 11.2 Å². The Morgan fingerprint density at radius 3 is 2.54 bits per heavy atom. The summed E-state index contributed by atoms with van der Waals surface area (Å²) in [7, 11) is 0.